The molecule has 1 aromatic heterocycles. The van der Waals surface area contributed by atoms with Gasteiger partial charge >= 0.3 is 6.03 Å². The van der Waals surface area contributed by atoms with Gasteiger partial charge in [0, 0.05) is 34.3 Å². The average Bonchev–Trinajstić information content (AvgIpc) is 3.27. The average molecular weight is 509 g/mol. The maximum absolute atomic E-state index is 12.6. The van der Waals surface area contributed by atoms with Gasteiger partial charge in [0.2, 0.25) is 0 Å². The van der Waals surface area contributed by atoms with Crippen molar-refractivity contribution in [2.75, 3.05) is 5.32 Å². The Kier molecular flexibility index (Phi) is 7.64. The number of halogens is 1. The fraction of sp³-hybridized carbons (Fsp3) is 0.125. The molecule has 4 aromatic rings. The molecule has 0 aliphatic heterocycles. The molecule has 0 fully saturated rings. The third kappa shape index (κ3) is 6.17. The maximum atomic E-state index is 12.6. The highest BCUT2D eigenvalue weighted by molar-refractivity contribution is 7.98. The van der Waals surface area contributed by atoms with Crippen LogP contribution in [0, 0.1) is 10.1 Å². The normalized spacial score (nSPS) is 11.6. The molecule has 11 heteroatoms. The number of rotatable bonds is 8. The van der Waals surface area contributed by atoms with Crippen LogP contribution in [-0.4, -0.2) is 25.7 Å². The maximum Gasteiger partial charge on any atom is 0.319 e. The lowest BCUT2D eigenvalue weighted by molar-refractivity contribution is -0.384. The van der Waals surface area contributed by atoms with Crippen LogP contribution in [0.15, 0.2) is 84.0 Å². The highest BCUT2D eigenvalue weighted by Gasteiger charge is 2.22. The van der Waals surface area contributed by atoms with Crippen molar-refractivity contribution < 1.29 is 9.72 Å². The molecule has 0 aliphatic rings. The highest BCUT2D eigenvalue weighted by Crippen LogP contribution is 2.28. The molecule has 1 atom stereocenters. The smallest absolute Gasteiger partial charge is 0.319 e. The number of hydrogen-bond acceptors (Lipinski definition) is 6. The molecular weight excluding hydrogens is 488 g/mol. The summed E-state index contributed by atoms with van der Waals surface area (Å²) < 4.78 is 1.79. The van der Waals surface area contributed by atoms with E-state index in [1.54, 1.807) is 47.9 Å². The standard InChI is InChI=1S/C24H21ClN6O3S/c1-16(26-23(32)27-19-9-5-8-18(25)14-19)22-28-29-24(35-15-17-6-3-2-4-7-17)30(22)20-10-12-21(13-11-20)31(33)34/h2-14,16H,15H2,1H3,(H2,26,27,32). The molecule has 0 spiro atoms. The zero-order valence-corrected chi connectivity index (χ0v) is 20.2. The molecule has 3 aromatic carbocycles. The molecule has 0 saturated heterocycles. The van der Waals surface area contributed by atoms with Crippen LogP contribution >= 0.6 is 23.4 Å². The van der Waals surface area contributed by atoms with Crippen molar-refractivity contribution in [1.82, 2.24) is 20.1 Å². The van der Waals surface area contributed by atoms with Crippen molar-refractivity contribution >= 4 is 40.8 Å². The van der Waals surface area contributed by atoms with Crippen LogP contribution in [0.3, 0.4) is 0 Å². The predicted octanol–water partition coefficient (Wildman–Crippen LogP) is 6.00. The van der Waals surface area contributed by atoms with Crippen LogP contribution in [0.25, 0.3) is 5.69 Å². The van der Waals surface area contributed by atoms with E-state index in [1.807, 2.05) is 30.3 Å². The molecule has 4 rings (SSSR count). The van der Waals surface area contributed by atoms with Crippen molar-refractivity contribution in [2.45, 2.75) is 23.9 Å². The van der Waals surface area contributed by atoms with Gasteiger partial charge in [-0.1, -0.05) is 59.8 Å². The van der Waals surface area contributed by atoms with Crippen LogP contribution in [0.5, 0.6) is 0 Å². The Hall–Kier alpha value is -3.89. The predicted molar refractivity (Wildman–Crippen MR) is 136 cm³/mol. The molecule has 0 saturated carbocycles. The summed E-state index contributed by atoms with van der Waals surface area (Å²) in [6, 6.07) is 21.9. The second kappa shape index (κ2) is 11.0. The number of anilines is 1. The van der Waals surface area contributed by atoms with E-state index >= 15 is 0 Å². The summed E-state index contributed by atoms with van der Waals surface area (Å²) in [6.45, 7) is 1.79. The molecule has 2 N–H and O–H groups in total. The molecule has 0 bridgehead atoms. The van der Waals surface area contributed by atoms with Gasteiger partial charge in [0.25, 0.3) is 5.69 Å². The number of carbonyl (C=O) groups is 1. The van der Waals surface area contributed by atoms with Gasteiger partial charge in [0.05, 0.1) is 11.0 Å². The van der Waals surface area contributed by atoms with Gasteiger partial charge in [0.1, 0.15) is 0 Å². The van der Waals surface area contributed by atoms with Crippen molar-refractivity contribution in [2.24, 2.45) is 0 Å². The monoisotopic (exact) mass is 508 g/mol. The van der Waals surface area contributed by atoms with E-state index in [2.05, 4.69) is 20.8 Å². The van der Waals surface area contributed by atoms with Gasteiger partial charge in [0.15, 0.2) is 11.0 Å². The highest BCUT2D eigenvalue weighted by atomic mass is 35.5. The molecule has 9 nitrogen and oxygen atoms in total. The molecule has 0 radical (unpaired) electrons. The molecule has 35 heavy (non-hydrogen) atoms. The fourth-order valence-electron chi connectivity index (χ4n) is 3.34. The van der Waals surface area contributed by atoms with Crippen LogP contribution in [-0.2, 0) is 5.75 Å². The van der Waals surface area contributed by atoms with Gasteiger partial charge in [-0.15, -0.1) is 10.2 Å². The molecule has 178 valence electrons. The summed E-state index contributed by atoms with van der Waals surface area (Å²) in [5.41, 5.74) is 2.30. The minimum absolute atomic E-state index is 0.0195. The zero-order chi connectivity index (χ0) is 24.8. The summed E-state index contributed by atoms with van der Waals surface area (Å²) in [4.78, 5) is 23.2. The number of benzene rings is 3. The van der Waals surface area contributed by atoms with Crippen molar-refractivity contribution in [3.05, 3.63) is 105 Å². The Labute approximate surface area is 210 Å². The molecule has 2 amide bonds. The number of hydrogen-bond donors (Lipinski definition) is 2. The number of nitrogens with one attached hydrogen (secondary N) is 2. The van der Waals surface area contributed by atoms with Crippen LogP contribution < -0.4 is 10.6 Å². The minimum Gasteiger partial charge on any atom is -0.328 e. The van der Waals surface area contributed by atoms with E-state index in [9.17, 15) is 14.9 Å². The fourth-order valence-corrected chi connectivity index (χ4v) is 4.44. The van der Waals surface area contributed by atoms with E-state index in [1.165, 1.54) is 23.9 Å². The summed E-state index contributed by atoms with van der Waals surface area (Å²) in [6.07, 6.45) is 0. The van der Waals surface area contributed by atoms with Gasteiger partial charge in [-0.2, -0.15) is 0 Å². The first-order chi connectivity index (χ1) is 16.9. The first kappa shape index (κ1) is 24.2. The second-order valence-corrected chi connectivity index (χ2v) is 8.93. The first-order valence-electron chi connectivity index (χ1n) is 10.6. The summed E-state index contributed by atoms with van der Waals surface area (Å²) in [7, 11) is 0. The molecule has 0 aliphatic carbocycles. The Balaban J connectivity index is 1.59. The van der Waals surface area contributed by atoms with E-state index in [0.29, 0.717) is 33.1 Å². The number of aromatic nitrogens is 3. The lowest BCUT2D eigenvalue weighted by Gasteiger charge is -2.17. The first-order valence-corrected chi connectivity index (χ1v) is 12.0. The van der Waals surface area contributed by atoms with E-state index in [4.69, 9.17) is 11.6 Å². The van der Waals surface area contributed by atoms with E-state index in [0.717, 1.165) is 5.56 Å². The van der Waals surface area contributed by atoms with E-state index < -0.39 is 17.0 Å². The Bertz CT molecular complexity index is 1330. The van der Waals surface area contributed by atoms with Crippen molar-refractivity contribution in [3.8, 4) is 5.69 Å². The topological polar surface area (TPSA) is 115 Å². The van der Waals surface area contributed by atoms with E-state index in [-0.39, 0.29) is 5.69 Å². The third-order valence-electron chi connectivity index (χ3n) is 5.01. The van der Waals surface area contributed by atoms with Gasteiger partial charge in [-0.25, -0.2) is 4.79 Å². The molecular formula is C24H21ClN6O3S. The summed E-state index contributed by atoms with van der Waals surface area (Å²) in [5.74, 6) is 1.14. The number of carbonyl (C=O) groups excluding carboxylic acids is 1. The van der Waals surface area contributed by atoms with Crippen molar-refractivity contribution in [1.29, 1.82) is 0 Å². The van der Waals surface area contributed by atoms with Crippen molar-refractivity contribution in [3.63, 3.8) is 0 Å². The lowest BCUT2D eigenvalue weighted by atomic mass is 10.2. The zero-order valence-electron chi connectivity index (χ0n) is 18.6. The number of urea groups is 1. The SMILES string of the molecule is CC(NC(=O)Nc1cccc(Cl)c1)c1nnc(SCc2ccccc2)n1-c1ccc([N+](=O)[O-])cc1. The summed E-state index contributed by atoms with van der Waals surface area (Å²) >= 11 is 7.47. The third-order valence-corrected chi connectivity index (χ3v) is 6.24. The Morgan fingerprint density at radius 3 is 2.51 bits per heavy atom. The minimum atomic E-state index is -0.525. The summed E-state index contributed by atoms with van der Waals surface area (Å²) in [5, 5.41) is 26.5. The molecule has 1 heterocycles. The Morgan fingerprint density at radius 2 is 1.83 bits per heavy atom. The van der Waals surface area contributed by atoms with Gasteiger partial charge in [-0.3, -0.25) is 14.7 Å². The van der Waals surface area contributed by atoms with Crippen LogP contribution in [0.2, 0.25) is 5.02 Å². The number of nitro groups is 1. The molecule has 1 unspecified atom stereocenters. The van der Waals surface area contributed by atoms with Gasteiger partial charge in [-0.05, 0) is 42.8 Å². The number of thioether (sulfide) groups is 1. The van der Waals surface area contributed by atoms with Crippen LogP contribution in [0.4, 0.5) is 16.2 Å². The largest absolute Gasteiger partial charge is 0.328 e. The van der Waals surface area contributed by atoms with Gasteiger partial charge < -0.3 is 10.6 Å². The second-order valence-electron chi connectivity index (χ2n) is 7.55. The number of amides is 2. The number of non-ortho nitro benzene ring substituents is 1. The lowest BCUT2D eigenvalue weighted by Crippen LogP contribution is -2.32. The number of nitrogens with zero attached hydrogens (tertiary/aromatic N) is 4. The van der Waals surface area contributed by atoms with Crippen LogP contribution in [0.1, 0.15) is 24.4 Å². The Morgan fingerprint density at radius 1 is 1.09 bits per heavy atom. The quantitative estimate of drug-likeness (QED) is 0.171. The number of nitro benzene ring substituents is 1.